The maximum atomic E-state index is 5.17. The SMILES string of the molecule is CN=C(NCc1nc(-c2ccc(OC)cc2)n[nH]1)NC(C)CCC(C)C. The lowest BCUT2D eigenvalue weighted by Crippen LogP contribution is -2.42. The number of aromatic nitrogens is 3. The molecule has 0 fully saturated rings. The van der Waals surface area contributed by atoms with Gasteiger partial charge in [0.05, 0.1) is 13.7 Å². The van der Waals surface area contributed by atoms with E-state index in [1.54, 1.807) is 14.2 Å². The third-order valence-electron chi connectivity index (χ3n) is 4.09. The maximum Gasteiger partial charge on any atom is 0.191 e. The van der Waals surface area contributed by atoms with Gasteiger partial charge < -0.3 is 15.4 Å². The lowest BCUT2D eigenvalue weighted by atomic mass is 10.0. The van der Waals surface area contributed by atoms with Crippen molar-refractivity contribution in [2.24, 2.45) is 10.9 Å². The second-order valence-corrected chi connectivity index (χ2v) is 6.78. The zero-order valence-electron chi connectivity index (χ0n) is 16.3. The minimum absolute atomic E-state index is 0.369. The van der Waals surface area contributed by atoms with E-state index in [0.29, 0.717) is 24.3 Å². The van der Waals surface area contributed by atoms with Gasteiger partial charge in [0.2, 0.25) is 0 Å². The Labute approximate surface area is 155 Å². The van der Waals surface area contributed by atoms with E-state index in [0.717, 1.165) is 29.5 Å². The molecular weight excluding hydrogens is 328 g/mol. The van der Waals surface area contributed by atoms with Gasteiger partial charge in [-0.2, -0.15) is 5.10 Å². The summed E-state index contributed by atoms with van der Waals surface area (Å²) in [4.78, 5) is 8.80. The van der Waals surface area contributed by atoms with Gasteiger partial charge in [-0.25, -0.2) is 4.98 Å². The van der Waals surface area contributed by atoms with Gasteiger partial charge in [0, 0.05) is 18.7 Å². The summed E-state index contributed by atoms with van der Waals surface area (Å²) in [6, 6.07) is 8.04. The number of nitrogens with one attached hydrogen (secondary N) is 3. The Morgan fingerprint density at radius 2 is 1.92 bits per heavy atom. The van der Waals surface area contributed by atoms with Crippen LogP contribution in [0.2, 0.25) is 0 Å². The van der Waals surface area contributed by atoms with Crippen molar-refractivity contribution in [1.29, 1.82) is 0 Å². The Hall–Kier alpha value is -2.57. The van der Waals surface area contributed by atoms with Crippen molar-refractivity contribution in [3.8, 4) is 17.1 Å². The molecule has 0 spiro atoms. The summed E-state index contributed by atoms with van der Waals surface area (Å²) < 4.78 is 5.17. The molecular formula is C19H30N6O. The van der Waals surface area contributed by atoms with Crippen LogP contribution in [0.5, 0.6) is 5.75 Å². The van der Waals surface area contributed by atoms with Crippen molar-refractivity contribution in [3.05, 3.63) is 30.1 Å². The van der Waals surface area contributed by atoms with Crippen molar-refractivity contribution >= 4 is 5.96 Å². The smallest absolute Gasteiger partial charge is 0.191 e. The van der Waals surface area contributed by atoms with Crippen LogP contribution < -0.4 is 15.4 Å². The highest BCUT2D eigenvalue weighted by Gasteiger charge is 2.09. The molecule has 2 aromatic rings. The van der Waals surface area contributed by atoms with E-state index >= 15 is 0 Å². The average molecular weight is 358 g/mol. The number of nitrogens with zero attached hydrogens (tertiary/aromatic N) is 3. The molecule has 0 bridgehead atoms. The fourth-order valence-electron chi connectivity index (χ4n) is 2.49. The highest BCUT2D eigenvalue weighted by Crippen LogP contribution is 2.18. The van der Waals surface area contributed by atoms with Gasteiger partial charge in [0.1, 0.15) is 11.6 Å². The topological polar surface area (TPSA) is 87.2 Å². The minimum atomic E-state index is 0.369. The minimum Gasteiger partial charge on any atom is -0.497 e. The van der Waals surface area contributed by atoms with Gasteiger partial charge in [-0.15, -0.1) is 0 Å². The quantitative estimate of drug-likeness (QED) is 0.499. The van der Waals surface area contributed by atoms with Crippen molar-refractivity contribution in [1.82, 2.24) is 25.8 Å². The van der Waals surface area contributed by atoms with Gasteiger partial charge in [-0.1, -0.05) is 13.8 Å². The summed E-state index contributed by atoms with van der Waals surface area (Å²) in [5.41, 5.74) is 0.943. The first-order chi connectivity index (χ1) is 12.5. The molecule has 142 valence electrons. The van der Waals surface area contributed by atoms with Crippen LogP contribution in [0.3, 0.4) is 0 Å². The lowest BCUT2D eigenvalue weighted by Gasteiger charge is -2.18. The summed E-state index contributed by atoms with van der Waals surface area (Å²) in [5, 5.41) is 13.9. The molecule has 0 saturated heterocycles. The van der Waals surface area contributed by atoms with Crippen molar-refractivity contribution < 1.29 is 4.74 Å². The highest BCUT2D eigenvalue weighted by atomic mass is 16.5. The van der Waals surface area contributed by atoms with E-state index in [1.807, 2.05) is 24.3 Å². The van der Waals surface area contributed by atoms with Crippen molar-refractivity contribution in [2.75, 3.05) is 14.2 Å². The molecule has 26 heavy (non-hydrogen) atoms. The Morgan fingerprint density at radius 3 is 2.54 bits per heavy atom. The van der Waals surface area contributed by atoms with E-state index in [2.05, 4.69) is 51.6 Å². The zero-order valence-corrected chi connectivity index (χ0v) is 16.3. The van der Waals surface area contributed by atoms with Crippen LogP contribution in [0.25, 0.3) is 11.4 Å². The molecule has 1 atom stereocenters. The van der Waals surface area contributed by atoms with Gasteiger partial charge >= 0.3 is 0 Å². The third-order valence-corrected chi connectivity index (χ3v) is 4.09. The summed E-state index contributed by atoms with van der Waals surface area (Å²) in [6.45, 7) is 7.18. The van der Waals surface area contributed by atoms with E-state index in [-0.39, 0.29) is 0 Å². The van der Waals surface area contributed by atoms with E-state index < -0.39 is 0 Å². The number of hydrogen-bond acceptors (Lipinski definition) is 4. The van der Waals surface area contributed by atoms with E-state index in [4.69, 9.17) is 4.74 Å². The number of hydrogen-bond donors (Lipinski definition) is 3. The molecule has 0 saturated carbocycles. The monoisotopic (exact) mass is 358 g/mol. The molecule has 0 aliphatic carbocycles. The molecule has 0 amide bonds. The van der Waals surface area contributed by atoms with E-state index in [1.165, 1.54) is 6.42 Å². The molecule has 1 aromatic heterocycles. The molecule has 1 unspecified atom stereocenters. The first-order valence-electron chi connectivity index (χ1n) is 9.04. The molecule has 1 heterocycles. The van der Waals surface area contributed by atoms with Crippen LogP contribution in [-0.4, -0.2) is 41.3 Å². The molecule has 0 radical (unpaired) electrons. The van der Waals surface area contributed by atoms with Crippen LogP contribution >= 0.6 is 0 Å². The summed E-state index contributed by atoms with van der Waals surface area (Å²) >= 11 is 0. The second-order valence-electron chi connectivity index (χ2n) is 6.78. The molecule has 7 heteroatoms. The standard InChI is InChI=1S/C19H30N6O/c1-13(2)6-7-14(3)22-19(20-4)21-12-17-23-18(25-24-17)15-8-10-16(26-5)11-9-15/h8-11,13-14H,6-7,12H2,1-5H3,(H2,20,21,22)(H,23,24,25). The number of rotatable bonds is 8. The fourth-order valence-corrected chi connectivity index (χ4v) is 2.49. The molecule has 2 rings (SSSR count). The summed E-state index contributed by atoms with van der Waals surface area (Å²) in [6.07, 6.45) is 2.31. The summed E-state index contributed by atoms with van der Waals surface area (Å²) in [5.74, 6) is 3.71. The Kier molecular flexibility index (Phi) is 7.44. The van der Waals surface area contributed by atoms with E-state index in [9.17, 15) is 0 Å². The van der Waals surface area contributed by atoms with Crippen molar-refractivity contribution in [2.45, 2.75) is 46.2 Å². The molecule has 0 aliphatic heterocycles. The predicted octanol–water partition coefficient (Wildman–Crippen LogP) is 2.97. The van der Waals surface area contributed by atoms with Crippen LogP contribution in [0.1, 0.15) is 39.4 Å². The second kappa shape index (κ2) is 9.79. The predicted molar refractivity (Wildman–Crippen MR) is 105 cm³/mol. The van der Waals surface area contributed by atoms with Gasteiger partial charge in [0.15, 0.2) is 11.8 Å². The first-order valence-corrected chi connectivity index (χ1v) is 9.04. The Balaban J connectivity index is 1.87. The summed E-state index contributed by atoms with van der Waals surface area (Å²) in [7, 11) is 3.42. The lowest BCUT2D eigenvalue weighted by molar-refractivity contribution is 0.415. The van der Waals surface area contributed by atoms with Gasteiger partial charge in [-0.05, 0) is 49.9 Å². The van der Waals surface area contributed by atoms with Crippen molar-refractivity contribution in [3.63, 3.8) is 0 Å². The van der Waals surface area contributed by atoms with Gasteiger partial charge in [-0.3, -0.25) is 10.1 Å². The molecule has 3 N–H and O–H groups in total. The largest absolute Gasteiger partial charge is 0.497 e. The number of aliphatic imine (C=N–C) groups is 1. The number of guanidine groups is 1. The average Bonchev–Trinajstić information content (AvgIpc) is 3.12. The third kappa shape index (κ3) is 6.06. The Morgan fingerprint density at radius 1 is 1.19 bits per heavy atom. The highest BCUT2D eigenvalue weighted by molar-refractivity contribution is 5.79. The number of ether oxygens (including phenoxy) is 1. The molecule has 0 aliphatic rings. The number of benzene rings is 1. The maximum absolute atomic E-state index is 5.17. The normalized spacial score (nSPS) is 12.9. The zero-order chi connectivity index (χ0) is 18.9. The fraction of sp³-hybridized carbons (Fsp3) is 0.526. The van der Waals surface area contributed by atoms with Crippen LogP contribution in [-0.2, 0) is 6.54 Å². The molecule has 7 nitrogen and oxygen atoms in total. The molecule has 1 aromatic carbocycles. The first kappa shape index (κ1) is 19.8. The number of H-pyrrole nitrogens is 1. The van der Waals surface area contributed by atoms with Crippen LogP contribution in [0.4, 0.5) is 0 Å². The van der Waals surface area contributed by atoms with Crippen LogP contribution in [0.15, 0.2) is 29.3 Å². The number of aromatic amines is 1. The number of methoxy groups -OCH3 is 1. The van der Waals surface area contributed by atoms with Crippen LogP contribution in [0, 0.1) is 5.92 Å². The Bertz CT molecular complexity index is 692. The van der Waals surface area contributed by atoms with Gasteiger partial charge in [0.25, 0.3) is 0 Å².